The molecule has 0 aromatic heterocycles. The van der Waals surface area contributed by atoms with Crippen LogP contribution in [0, 0.1) is 5.41 Å². The monoisotopic (exact) mass is 676 g/mol. The van der Waals surface area contributed by atoms with Crippen molar-refractivity contribution >= 4 is 47.3 Å². The summed E-state index contributed by atoms with van der Waals surface area (Å²) in [5.41, 5.74) is -1.32. The molecule has 0 aliphatic carbocycles. The first-order valence-electron chi connectivity index (χ1n) is 15.4. The van der Waals surface area contributed by atoms with Crippen LogP contribution in [-0.4, -0.2) is 64.8 Å². The van der Waals surface area contributed by atoms with Gasteiger partial charge in [-0.05, 0) is 89.8 Å². The van der Waals surface area contributed by atoms with Crippen molar-refractivity contribution in [3.8, 4) is 0 Å². The van der Waals surface area contributed by atoms with Gasteiger partial charge in [0.15, 0.2) is 0 Å². The Morgan fingerprint density at radius 1 is 0.935 bits per heavy atom. The number of rotatable bonds is 8. The Morgan fingerprint density at radius 3 is 1.98 bits per heavy atom. The van der Waals surface area contributed by atoms with Gasteiger partial charge < -0.3 is 19.1 Å². The minimum Gasteiger partial charge on any atom is -0.469 e. The van der Waals surface area contributed by atoms with Gasteiger partial charge in [0, 0.05) is 16.0 Å². The van der Waals surface area contributed by atoms with E-state index in [0.29, 0.717) is 22.9 Å². The van der Waals surface area contributed by atoms with Gasteiger partial charge in [-0.1, -0.05) is 61.3 Å². The van der Waals surface area contributed by atoms with Crippen LogP contribution in [0.5, 0.6) is 0 Å². The van der Waals surface area contributed by atoms with Crippen LogP contribution in [0.3, 0.4) is 0 Å². The van der Waals surface area contributed by atoms with E-state index in [1.54, 1.807) is 71.6 Å². The smallest absolute Gasteiger partial charge is 0.419 e. The first-order valence-corrected chi connectivity index (χ1v) is 16.2. The molecular weight excluding hydrogens is 631 g/mol. The number of carbonyl (C=O) groups is 4. The van der Waals surface area contributed by atoms with Crippen LogP contribution in [-0.2, 0) is 23.8 Å². The minimum atomic E-state index is -1.18. The molecule has 9 nitrogen and oxygen atoms in total. The number of nitrogens with zero attached hydrogens (tertiary/aromatic N) is 2. The summed E-state index contributed by atoms with van der Waals surface area (Å²) >= 11 is 12.8. The molecule has 252 valence electrons. The molecule has 2 aromatic carbocycles. The Hall–Kier alpha value is -3.30. The van der Waals surface area contributed by atoms with Crippen molar-refractivity contribution < 1.29 is 33.4 Å². The standard InChI is InChI=1S/C35H46Cl2N2O7/c1-10-26(21-38(31(42)45-33(2,3)4)32(43)46-34(5,6)7)39-29(22-14-16-24(36)17-15-22)27(23-12-11-13-25(37)18-23)19-35(8,30(39)41)20-28(40)44-9/h11-18,26-27,29H,10,19-21H2,1-9H3/t26-,27+,29+,35+/m0/s1. The molecule has 0 saturated carbocycles. The topological polar surface area (TPSA) is 102 Å². The molecule has 1 saturated heterocycles. The summed E-state index contributed by atoms with van der Waals surface area (Å²) < 4.78 is 16.3. The number of methoxy groups -OCH3 is 1. The van der Waals surface area contributed by atoms with Crippen LogP contribution < -0.4 is 0 Å². The Labute approximate surface area is 282 Å². The zero-order chi connectivity index (χ0) is 34.6. The van der Waals surface area contributed by atoms with Crippen molar-refractivity contribution in [3.05, 3.63) is 69.7 Å². The summed E-state index contributed by atoms with van der Waals surface area (Å²) in [6, 6.07) is 13.4. The average molecular weight is 678 g/mol. The maximum absolute atomic E-state index is 14.8. The van der Waals surface area contributed by atoms with E-state index in [9.17, 15) is 19.2 Å². The number of hydrogen-bond donors (Lipinski definition) is 0. The maximum atomic E-state index is 14.8. The number of piperidine rings is 1. The van der Waals surface area contributed by atoms with Crippen molar-refractivity contribution in [1.82, 2.24) is 9.80 Å². The molecule has 4 atom stereocenters. The number of esters is 1. The van der Waals surface area contributed by atoms with E-state index in [0.717, 1.165) is 16.0 Å². The third-order valence-corrected chi connectivity index (χ3v) is 8.33. The number of halogens is 2. The SMILES string of the molecule is CC[C@@H](CN(C(=O)OC(C)(C)C)C(=O)OC(C)(C)C)N1C(=O)[C@@](C)(CC(=O)OC)C[C@H](c2cccc(Cl)c2)[C@H]1c1ccc(Cl)cc1. The van der Waals surface area contributed by atoms with Gasteiger partial charge in [0.2, 0.25) is 5.91 Å². The van der Waals surface area contributed by atoms with E-state index in [1.807, 2.05) is 37.3 Å². The van der Waals surface area contributed by atoms with Gasteiger partial charge in [-0.25, -0.2) is 14.5 Å². The molecule has 3 rings (SSSR count). The Balaban J connectivity index is 2.25. The van der Waals surface area contributed by atoms with Gasteiger partial charge >= 0.3 is 18.2 Å². The maximum Gasteiger partial charge on any atom is 0.419 e. The van der Waals surface area contributed by atoms with E-state index in [4.69, 9.17) is 37.4 Å². The van der Waals surface area contributed by atoms with Crippen molar-refractivity contribution in [2.24, 2.45) is 5.41 Å². The lowest BCUT2D eigenvalue weighted by Crippen LogP contribution is -2.59. The second kappa shape index (κ2) is 14.6. The van der Waals surface area contributed by atoms with Crippen LogP contribution in [0.15, 0.2) is 48.5 Å². The van der Waals surface area contributed by atoms with Crippen LogP contribution in [0.2, 0.25) is 10.0 Å². The number of imide groups is 1. The highest BCUT2D eigenvalue weighted by molar-refractivity contribution is 6.30. The van der Waals surface area contributed by atoms with Gasteiger partial charge in [0.1, 0.15) is 11.2 Å². The van der Waals surface area contributed by atoms with Crippen molar-refractivity contribution in [2.45, 2.75) is 104 Å². The molecule has 1 fully saturated rings. The first kappa shape index (κ1) is 37.2. The summed E-state index contributed by atoms with van der Waals surface area (Å²) in [4.78, 5) is 57.2. The zero-order valence-electron chi connectivity index (χ0n) is 28.2. The largest absolute Gasteiger partial charge is 0.469 e. The molecular formula is C35H46Cl2N2O7. The molecule has 1 aliphatic heterocycles. The van der Waals surface area contributed by atoms with Crippen molar-refractivity contribution in [1.29, 1.82) is 0 Å². The van der Waals surface area contributed by atoms with Crippen LogP contribution in [0.1, 0.15) is 97.7 Å². The summed E-state index contributed by atoms with van der Waals surface area (Å²) in [5.74, 6) is -1.17. The molecule has 1 heterocycles. The first-order chi connectivity index (χ1) is 21.3. The van der Waals surface area contributed by atoms with Crippen LogP contribution >= 0.6 is 23.2 Å². The fourth-order valence-corrected chi connectivity index (χ4v) is 6.14. The highest BCUT2D eigenvalue weighted by Gasteiger charge is 2.53. The average Bonchev–Trinajstić information content (AvgIpc) is 2.93. The molecule has 0 N–H and O–H groups in total. The summed E-state index contributed by atoms with van der Waals surface area (Å²) in [6.07, 6.45) is -1.29. The summed E-state index contributed by atoms with van der Waals surface area (Å²) in [5, 5.41) is 1.05. The lowest BCUT2D eigenvalue weighted by molar-refractivity contribution is -0.162. The van der Waals surface area contributed by atoms with E-state index in [2.05, 4.69) is 0 Å². The number of benzene rings is 2. The van der Waals surface area contributed by atoms with Gasteiger partial charge in [-0.2, -0.15) is 0 Å². The fourth-order valence-electron chi connectivity index (χ4n) is 5.82. The molecule has 0 unspecified atom stereocenters. The molecule has 0 spiro atoms. The highest BCUT2D eigenvalue weighted by atomic mass is 35.5. The second-order valence-corrected chi connectivity index (χ2v) is 14.9. The molecule has 3 amide bonds. The molecule has 0 radical (unpaired) electrons. The predicted molar refractivity (Wildman–Crippen MR) is 178 cm³/mol. The van der Waals surface area contributed by atoms with Crippen molar-refractivity contribution in [3.63, 3.8) is 0 Å². The van der Waals surface area contributed by atoms with Gasteiger partial charge in [-0.15, -0.1) is 0 Å². The number of amides is 3. The molecule has 46 heavy (non-hydrogen) atoms. The van der Waals surface area contributed by atoms with Gasteiger partial charge in [0.25, 0.3) is 0 Å². The number of likely N-dealkylation sites (tertiary alicyclic amines) is 1. The second-order valence-electron chi connectivity index (χ2n) is 14.0. The number of ether oxygens (including phenoxy) is 3. The molecule has 11 heteroatoms. The number of hydrogen-bond acceptors (Lipinski definition) is 7. The van der Waals surface area contributed by atoms with Gasteiger partial charge in [0.05, 0.1) is 37.6 Å². The van der Waals surface area contributed by atoms with E-state index in [-0.39, 0.29) is 24.8 Å². The summed E-state index contributed by atoms with van der Waals surface area (Å²) in [6.45, 7) is 13.6. The summed E-state index contributed by atoms with van der Waals surface area (Å²) in [7, 11) is 1.29. The minimum absolute atomic E-state index is 0.165. The predicted octanol–water partition coefficient (Wildman–Crippen LogP) is 8.57. The Kier molecular flexibility index (Phi) is 11.8. The normalized spacial score (nSPS) is 20.9. The van der Waals surface area contributed by atoms with E-state index in [1.165, 1.54) is 7.11 Å². The number of carbonyl (C=O) groups excluding carboxylic acids is 4. The van der Waals surface area contributed by atoms with Crippen molar-refractivity contribution in [2.75, 3.05) is 13.7 Å². The quantitative estimate of drug-likeness (QED) is 0.204. The van der Waals surface area contributed by atoms with E-state index < -0.39 is 46.9 Å². The molecule has 1 aliphatic rings. The van der Waals surface area contributed by atoms with Crippen LogP contribution in [0.4, 0.5) is 9.59 Å². The highest BCUT2D eigenvalue weighted by Crippen LogP contribution is 2.52. The lowest BCUT2D eigenvalue weighted by Gasteiger charge is -2.52. The molecule has 0 bridgehead atoms. The van der Waals surface area contributed by atoms with Gasteiger partial charge in [-0.3, -0.25) is 9.59 Å². The van der Waals surface area contributed by atoms with E-state index >= 15 is 0 Å². The Morgan fingerprint density at radius 2 is 1.50 bits per heavy atom. The third-order valence-electron chi connectivity index (χ3n) is 7.84. The zero-order valence-corrected chi connectivity index (χ0v) is 29.7. The Bertz CT molecular complexity index is 1390. The third kappa shape index (κ3) is 9.38. The lowest BCUT2D eigenvalue weighted by atomic mass is 9.67. The molecule has 2 aromatic rings. The fraction of sp³-hybridized carbons (Fsp3) is 0.543. The van der Waals surface area contributed by atoms with Crippen LogP contribution in [0.25, 0.3) is 0 Å².